The number of nitrogens with one attached hydrogen (secondary N) is 2. The molecule has 2 N–H and O–H groups in total. The van der Waals surface area contributed by atoms with Crippen molar-refractivity contribution in [3.8, 4) is 0 Å². The lowest BCUT2D eigenvalue weighted by atomic mass is 10.1. The Bertz CT molecular complexity index is 1940. The molecule has 42 heavy (non-hydrogen) atoms. The van der Waals surface area contributed by atoms with Crippen molar-refractivity contribution >= 4 is 54.7 Å². The van der Waals surface area contributed by atoms with Gasteiger partial charge in [0.05, 0.1) is 28.1 Å². The third-order valence-electron chi connectivity index (χ3n) is 6.37. The summed E-state index contributed by atoms with van der Waals surface area (Å²) in [5, 5.41) is 7.47. The largest absolute Gasteiger partial charge is 0.326 e. The van der Waals surface area contributed by atoms with Gasteiger partial charge in [-0.1, -0.05) is 76.6 Å². The number of carbonyl (C=O) groups excluding carboxylic acids is 1. The van der Waals surface area contributed by atoms with Crippen LogP contribution in [-0.2, 0) is 21.2 Å². The average Bonchev–Trinajstić information content (AvgIpc) is 2.97. The minimum absolute atomic E-state index is 0.0129. The topological polar surface area (TPSA) is 123 Å². The fourth-order valence-electron chi connectivity index (χ4n) is 4.39. The quantitative estimate of drug-likeness (QED) is 0.212. The molecule has 1 unspecified atom stereocenters. The molecule has 5 aromatic rings. The van der Waals surface area contributed by atoms with Crippen molar-refractivity contribution in [1.82, 2.24) is 14.4 Å². The smallest absolute Gasteiger partial charge is 0.282 e. The molecule has 0 bridgehead atoms. The van der Waals surface area contributed by atoms with Crippen LogP contribution in [0.3, 0.4) is 0 Å². The van der Waals surface area contributed by atoms with Gasteiger partial charge in [0.15, 0.2) is 5.82 Å². The lowest BCUT2D eigenvalue weighted by molar-refractivity contribution is -0.114. The van der Waals surface area contributed by atoms with E-state index in [1.165, 1.54) is 37.4 Å². The zero-order valence-corrected chi connectivity index (χ0v) is 24.8. The van der Waals surface area contributed by atoms with Gasteiger partial charge in [0, 0.05) is 22.6 Å². The zero-order chi connectivity index (χ0) is 29.7. The van der Waals surface area contributed by atoms with E-state index in [1.54, 1.807) is 24.3 Å². The first-order valence-electron chi connectivity index (χ1n) is 13.0. The number of hydrogen-bond acceptors (Lipinski definition) is 6. The Morgan fingerprint density at radius 1 is 0.952 bits per heavy atom. The monoisotopic (exact) mass is 643 g/mol. The Balaban J connectivity index is 1.64. The molecule has 1 amide bonds. The minimum Gasteiger partial charge on any atom is -0.326 e. The average molecular weight is 645 g/mol. The van der Waals surface area contributed by atoms with E-state index in [9.17, 15) is 18.0 Å². The predicted octanol–water partition coefficient (Wildman–Crippen LogP) is 5.26. The van der Waals surface area contributed by atoms with E-state index in [0.717, 1.165) is 20.3 Å². The van der Waals surface area contributed by atoms with Crippen molar-refractivity contribution in [3.05, 3.63) is 135 Å². The van der Waals surface area contributed by atoms with Gasteiger partial charge in [-0.15, -0.1) is 0 Å². The van der Waals surface area contributed by atoms with Gasteiger partial charge in [0.25, 0.3) is 5.56 Å². The summed E-state index contributed by atoms with van der Waals surface area (Å²) in [5.74, 6) is -0.139. The fourth-order valence-corrected chi connectivity index (χ4v) is 5.97. The highest BCUT2D eigenvalue weighted by molar-refractivity contribution is 9.10. The van der Waals surface area contributed by atoms with E-state index in [0.29, 0.717) is 16.6 Å². The molecule has 1 aromatic heterocycles. The molecule has 1 heterocycles. The van der Waals surface area contributed by atoms with Crippen molar-refractivity contribution in [1.29, 1.82) is 0 Å². The van der Waals surface area contributed by atoms with Gasteiger partial charge in [-0.2, -0.15) is 9.78 Å². The van der Waals surface area contributed by atoms with E-state index < -0.39 is 21.6 Å². The second-order valence-electron chi connectivity index (χ2n) is 9.44. The maximum atomic E-state index is 13.8. The molecule has 5 rings (SSSR count). The number of hydrogen-bond donors (Lipinski definition) is 2. The minimum atomic E-state index is -4.11. The van der Waals surface area contributed by atoms with Crippen LogP contribution < -0.4 is 15.6 Å². The van der Waals surface area contributed by atoms with Crippen molar-refractivity contribution in [2.45, 2.75) is 24.3 Å². The first-order chi connectivity index (χ1) is 20.2. The Morgan fingerprint density at radius 3 is 2.33 bits per heavy atom. The summed E-state index contributed by atoms with van der Waals surface area (Å²) < 4.78 is 32.0. The highest BCUT2D eigenvalue weighted by Crippen LogP contribution is 2.23. The molecule has 0 radical (unpaired) electrons. The predicted molar refractivity (Wildman–Crippen MR) is 167 cm³/mol. The van der Waals surface area contributed by atoms with E-state index in [2.05, 4.69) is 31.1 Å². The van der Waals surface area contributed by atoms with Gasteiger partial charge in [-0.25, -0.2) is 18.1 Å². The number of anilines is 1. The number of carbonyl (C=O) groups is 1. The molecular formula is C31H26BrN5O4S. The maximum Gasteiger partial charge on any atom is 0.282 e. The van der Waals surface area contributed by atoms with Gasteiger partial charge in [0.1, 0.15) is 0 Å². The first kappa shape index (κ1) is 29.1. The lowest BCUT2D eigenvalue weighted by Crippen LogP contribution is -2.35. The molecular weight excluding hydrogens is 618 g/mol. The summed E-state index contributed by atoms with van der Waals surface area (Å²) in [7, 11) is -4.11. The molecule has 1 atom stereocenters. The van der Waals surface area contributed by atoms with Gasteiger partial charge in [-0.3, -0.25) is 9.59 Å². The molecule has 0 fully saturated rings. The third-order valence-corrected chi connectivity index (χ3v) is 8.58. The SMILES string of the molecule is CC(=O)Nc1ccc(S(=O)(=O)NC(Cc2ccccc2)c2nc3ccccc3c(=O)n2/N=C/c2ccccc2Br)cc1. The zero-order valence-electron chi connectivity index (χ0n) is 22.4. The van der Waals surface area contributed by atoms with Crippen LogP contribution in [0.4, 0.5) is 5.69 Å². The Morgan fingerprint density at radius 2 is 1.62 bits per heavy atom. The van der Waals surface area contributed by atoms with Crippen molar-refractivity contribution < 1.29 is 13.2 Å². The van der Waals surface area contributed by atoms with Crippen LogP contribution in [0.1, 0.15) is 29.9 Å². The number of aromatic nitrogens is 2. The number of fused-ring (bicyclic) bond motifs is 1. The summed E-state index contributed by atoms with van der Waals surface area (Å²) >= 11 is 3.49. The molecule has 11 heteroatoms. The molecule has 0 aliphatic rings. The number of benzene rings is 4. The van der Waals surface area contributed by atoms with Crippen LogP contribution in [0.2, 0.25) is 0 Å². The second-order valence-corrected chi connectivity index (χ2v) is 12.0. The van der Waals surface area contributed by atoms with Crippen LogP contribution in [0.15, 0.2) is 122 Å². The van der Waals surface area contributed by atoms with Gasteiger partial charge < -0.3 is 5.32 Å². The molecule has 0 saturated carbocycles. The fraction of sp³-hybridized carbons (Fsp3) is 0.0968. The standard InChI is InChI=1S/C31H26BrN5O4S/c1-21(38)34-24-15-17-25(18-16-24)42(40,41)36-29(19-22-9-3-2-4-10-22)30-35-28-14-8-6-12-26(28)31(39)37(30)33-20-23-11-5-7-13-27(23)32/h2-18,20,29,36H,19H2,1H3,(H,34,38)/b33-20+. The third kappa shape index (κ3) is 6.71. The Labute approximate surface area is 251 Å². The van der Waals surface area contributed by atoms with E-state index in [-0.39, 0.29) is 23.0 Å². The van der Waals surface area contributed by atoms with Crippen molar-refractivity contribution in [2.24, 2.45) is 5.10 Å². The lowest BCUT2D eigenvalue weighted by Gasteiger charge is -2.21. The van der Waals surface area contributed by atoms with Crippen LogP contribution in [0, 0.1) is 0 Å². The van der Waals surface area contributed by atoms with E-state index in [1.807, 2.05) is 54.6 Å². The molecule has 0 spiro atoms. The Hall–Kier alpha value is -4.45. The number of amides is 1. The normalized spacial score (nSPS) is 12.4. The number of nitrogens with zero attached hydrogens (tertiary/aromatic N) is 3. The summed E-state index contributed by atoms with van der Waals surface area (Å²) in [5.41, 5.74) is 2.00. The molecule has 0 aliphatic heterocycles. The molecule has 0 saturated heterocycles. The van der Waals surface area contributed by atoms with Crippen LogP contribution >= 0.6 is 15.9 Å². The highest BCUT2D eigenvalue weighted by Gasteiger charge is 2.27. The van der Waals surface area contributed by atoms with Crippen molar-refractivity contribution in [3.63, 3.8) is 0 Å². The van der Waals surface area contributed by atoms with Crippen molar-refractivity contribution in [2.75, 3.05) is 5.32 Å². The number of rotatable bonds is 9. The van der Waals surface area contributed by atoms with Gasteiger partial charge >= 0.3 is 0 Å². The molecule has 212 valence electrons. The summed E-state index contributed by atoms with van der Waals surface area (Å²) in [4.78, 5) is 29.9. The van der Waals surface area contributed by atoms with Gasteiger partial charge in [-0.05, 0) is 54.4 Å². The molecule has 9 nitrogen and oxygen atoms in total. The van der Waals surface area contributed by atoms with E-state index in [4.69, 9.17) is 4.98 Å². The second kappa shape index (κ2) is 12.6. The van der Waals surface area contributed by atoms with E-state index >= 15 is 0 Å². The van der Waals surface area contributed by atoms with Gasteiger partial charge in [0.2, 0.25) is 15.9 Å². The van der Waals surface area contributed by atoms with Crippen LogP contribution in [-0.4, -0.2) is 30.2 Å². The summed E-state index contributed by atoms with van der Waals surface area (Å²) in [6.45, 7) is 1.37. The summed E-state index contributed by atoms with van der Waals surface area (Å²) in [6.07, 6.45) is 1.72. The first-order valence-corrected chi connectivity index (χ1v) is 15.2. The number of halogens is 1. The molecule has 4 aromatic carbocycles. The maximum absolute atomic E-state index is 13.8. The Kier molecular flexibility index (Phi) is 8.72. The highest BCUT2D eigenvalue weighted by atomic mass is 79.9. The summed E-state index contributed by atoms with van der Waals surface area (Å²) in [6, 6.07) is 28.4. The van der Waals surface area contributed by atoms with Crippen LogP contribution in [0.25, 0.3) is 10.9 Å². The number of sulfonamides is 1. The number of para-hydroxylation sites is 1. The molecule has 0 aliphatic carbocycles. The van der Waals surface area contributed by atoms with Crippen LogP contribution in [0.5, 0.6) is 0 Å².